The van der Waals surface area contributed by atoms with Crippen molar-refractivity contribution in [2.24, 2.45) is 0 Å². The fraction of sp³-hybridized carbons (Fsp3) is 0.105. The number of ether oxygens (including phenoxy) is 1. The van der Waals surface area contributed by atoms with Crippen LogP contribution >= 0.6 is 23.2 Å². The monoisotopic (exact) mass is 344 g/mol. The van der Waals surface area contributed by atoms with E-state index in [4.69, 9.17) is 27.9 Å². The highest BCUT2D eigenvalue weighted by Crippen LogP contribution is 2.21. The number of ketones is 1. The summed E-state index contributed by atoms with van der Waals surface area (Å²) in [7, 11) is 0. The zero-order valence-corrected chi connectivity index (χ0v) is 13.8. The van der Waals surface area contributed by atoms with Gasteiger partial charge in [-0.15, -0.1) is 0 Å². The Hall–Kier alpha value is -1.87. The van der Waals surface area contributed by atoms with Crippen LogP contribution in [0.1, 0.15) is 11.1 Å². The molecule has 2 nitrogen and oxygen atoms in total. The van der Waals surface area contributed by atoms with E-state index < -0.39 is 0 Å². The van der Waals surface area contributed by atoms with E-state index in [1.165, 1.54) is 0 Å². The van der Waals surface area contributed by atoms with Crippen LogP contribution in [-0.2, 0) is 9.53 Å². The third kappa shape index (κ3) is 4.11. The van der Waals surface area contributed by atoms with E-state index in [1.807, 2.05) is 36.4 Å². The lowest BCUT2D eigenvalue weighted by Crippen LogP contribution is -2.21. The molecule has 116 valence electrons. The van der Waals surface area contributed by atoms with Gasteiger partial charge >= 0.3 is 0 Å². The zero-order chi connectivity index (χ0) is 16.2. The molecule has 4 heteroatoms. The minimum atomic E-state index is 0.0150. The van der Waals surface area contributed by atoms with Crippen molar-refractivity contribution in [2.75, 3.05) is 13.2 Å². The summed E-state index contributed by atoms with van der Waals surface area (Å²) in [4.78, 5) is 12.6. The Kier molecular flexibility index (Phi) is 4.97. The molecule has 0 N–H and O–H groups in total. The van der Waals surface area contributed by atoms with Gasteiger partial charge in [0, 0.05) is 21.2 Å². The summed E-state index contributed by atoms with van der Waals surface area (Å²) in [5, 5.41) is 1.34. The number of hydrogen-bond donors (Lipinski definition) is 0. The van der Waals surface area contributed by atoms with Crippen molar-refractivity contribution >= 4 is 41.1 Å². The van der Waals surface area contributed by atoms with Crippen molar-refractivity contribution in [3.8, 4) is 0 Å². The molecular formula is C19H14Cl2O2. The molecular weight excluding hydrogens is 331 g/mol. The maximum Gasteiger partial charge on any atom is 0.189 e. The van der Waals surface area contributed by atoms with Crippen molar-refractivity contribution in [1.82, 2.24) is 0 Å². The number of carbonyl (C=O) groups excluding carboxylic acids is 1. The maximum absolute atomic E-state index is 12.6. The largest absolute Gasteiger partial charge is 0.372 e. The summed E-state index contributed by atoms with van der Waals surface area (Å²) in [5.74, 6) is 0.0150. The molecule has 1 saturated heterocycles. The fourth-order valence-corrected chi connectivity index (χ4v) is 2.60. The number of Topliss-reactive ketones (excluding diaryl/α,β-unsaturated/α-hetero) is 1. The molecule has 0 aromatic heterocycles. The molecule has 0 unspecified atom stereocenters. The lowest BCUT2D eigenvalue weighted by molar-refractivity contribution is -0.114. The molecule has 23 heavy (non-hydrogen) atoms. The van der Waals surface area contributed by atoms with Crippen molar-refractivity contribution in [3.05, 3.63) is 80.8 Å². The molecule has 3 rings (SSSR count). The third-order valence-corrected chi connectivity index (χ3v) is 4.02. The first kappa shape index (κ1) is 16.0. The highest BCUT2D eigenvalue weighted by molar-refractivity contribution is 6.30. The number of hydrogen-bond acceptors (Lipinski definition) is 2. The molecule has 0 radical (unpaired) electrons. The van der Waals surface area contributed by atoms with Gasteiger partial charge in [-0.25, -0.2) is 0 Å². The van der Waals surface area contributed by atoms with Gasteiger partial charge in [0.2, 0.25) is 0 Å². The first-order valence-corrected chi connectivity index (χ1v) is 7.92. The Morgan fingerprint density at radius 1 is 0.739 bits per heavy atom. The summed E-state index contributed by atoms with van der Waals surface area (Å²) in [6, 6.07) is 14.7. The summed E-state index contributed by atoms with van der Waals surface area (Å²) in [5.41, 5.74) is 3.13. The van der Waals surface area contributed by atoms with Gasteiger partial charge in [0.05, 0.1) is 13.2 Å². The molecule has 1 heterocycles. The number of halogens is 2. The molecule has 2 aromatic carbocycles. The maximum atomic E-state index is 12.6. The summed E-state index contributed by atoms with van der Waals surface area (Å²) in [6.07, 6.45) is 3.68. The highest BCUT2D eigenvalue weighted by atomic mass is 35.5. The SMILES string of the molecule is O=C1/C(=C/c2ccc(Cl)cc2)COC/C1=C\c1ccc(Cl)cc1. The molecule has 0 amide bonds. The van der Waals surface area contributed by atoms with E-state index in [9.17, 15) is 4.79 Å². The predicted molar refractivity (Wildman–Crippen MR) is 94.7 cm³/mol. The minimum Gasteiger partial charge on any atom is -0.372 e. The average Bonchev–Trinajstić information content (AvgIpc) is 2.55. The first-order chi connectivity index (χ1) is 11.1. The second kappa shape index (κ2) is 7.14. The zero-order valence-electron chi connectivity index (χ0n) is 12.3. The van der Waals surface area contributed by atoms with Crippen molar-refractivity contribution in [2.45, 2.75) is 0 Å². The Morgan fingerprint density at radius 2 is 1.13 bits per heavy atom. The van der Waals surface area contributed by atoms with Crippen LogP contribution in [0.5, 0.6) is 0 Å². The molecule has 0 bridgehead atoms. The van der Waals surface area contributed by atoms with Crippen LogP contribution in [-0.4, -0.2) is 19.0 Å². The minimum absolute atomic E-state index is 0.0150. The fourth-order valence-electron chi connectivity index (χ4n) is 2.34. The molecule has 0 atom stereocenters. The van der Waals surface area contributed by atoms with E-state index >= 15 is 0 Å². The molecule has 0 spiro atoms. The molecule has 1 fully saturated rings. The Morgan fingerprint density at radius 3 is 1.52 bits per heavy atom. The van der Waals surface area contributed by atoms with E-state index in [0.717, 1.165) is 11.1 Å². The van der Waals surface area contributed by atoms with E-state index in [-0.39, 0.29) is 5.78 Å². The highest BCUT2D eigenvalue weighted by Gasteiger charge is 2.21. The lowest BCUT2D eigenvalue weighted by Gasteiger charge is -2.17. The van der Waals surface area contributed by atoms with Crippen LogP contribution in [0.15, 0.2) is 59.7 Å². The van der Waals surface area contributed by atoms with Crippen LogP contribution in [0, 0.1) is 0 Å². The van der Waals surface area contributed by atoms with Gasteiger partial charge in [0.1, 0.15) is 0 Å². The van der Waals surface area contributed by atoms with Crippen molar-refractivity contribution in [1.29, 1.82) is 0 Å². The van der Waals surface area contributed by atoms with Crippen LogP contribution in [0.2, 0.25) is 10.0 Å². The van der Waals surface area contributed by atoms with Crippen molar-refractivity contribution in [3.63, 3.8) is 0 Å². The van der Waals surface area contributed by atoms with Gasteiger partial charge in [0.25, 0.3) is 0 Å². The molecule has 2 aromatic rings. The molecule has 0 aliphatic carbocycles. The molecule has 1 aliphatic rings. The van der Waals surface area contributed by atoms with E-state index in [0.29, 0.717) is 34.4 Å². The number of rotatable bonds is 2. The Balaban J connectivity index is 1.86. The van der Waals surface area contributed by atoms with Crippen LogP contribution in [0.3, 0.4) is 0 Å². The molecule has 0 saturated carbocycles. The predicted octanol–water partition coefficient (Wildman–Crippen LogP) is 5.06. The Labute approximate surface area is 145 Å². The number of benzene rings is 2. The van der Waals surface area contributed by atoms with Gasteiger partial charge < -0.3 is 4.74 Å². The lowest BCUT2D eigenvalue weighted by atomic mass is 9.98. The van der Waals surface area contributed by atoms with Gasteiger partial charge in [0.15, 0.2) is 5.78 Å². The van der Waals surface area contributed by atoms with Gasteiger partial charge in [-0.05, 0) is 47.5 Å². The van der Waals surface area contributed by atoms with Crippen LogP contribution < -0.4 is 0 Å². The molecule has 1 aliphatic heterocycles. The third-order valence-electron chi connectivity index (χ3n) is 3.52. The smallest absolute Gasteiger partial charge is 0.189 e. The van der Waals surface area contributed by atoms with Crippen LogP contribution in [0.25, 0.3) is 12.2 Å². The van der Waals surface area contributed by atoms with E-state index in [2.05, 4.69) is 0 Å². The second-order valence-electron chi connectivity index (χ2n) is 5.26. The quantitative estimate of drug-likeness (QED) is 0.711. The van der Waals surface area contributed by atoms with Gasteiger partial charge in [-0.3, -0.25) is 4.79 Å². The normalized spacial score (nSPS) is 18.6. The topological polar surface area (TPSA) is 26.3 Å². The Bertz CT molecular complexity index is 707. The van der Waals surface area contributed by atoms with Gasteiger partial charge in [-0.2, -0.15) is 0 Å². The van der Waals surface area contributed by atoms with E-state index in [1.54, 1.807) is 24.3 Å². The van der Waals surface area contributed by atoms with Crippen molar-refractivity contribution < 1.29 is 9.53 Å². The van der Waals surface area contributed by atoms with Gasteiger partial charge in [-0.1, -0.05) is 47.5 Å². The summed E-state index contributed by atoms with van der Waals surface area (Å²) >= 11 is 11.8. The standard InChI is InChI=1S/C19H14Cl2O2/c20-17-5-1-13(2-6-17)9-15-11-23-12-16(19(15)22)10-14-3-7-18(21)8-4-14/h1-10H,11-12H2/b15-9+,16-10+. The average molecular weight is 345 g/mol. The number of carbonyl (C=O) groups is 1. The summed E-state index contributed by atoms with van der Waals surface area (Å²) in [6.45, 7) is 0.638. The van der Waals surface area contributed by atoms with Crippen LogP contribution in [0.4, 0.5) is 0 Å². The summed E-state index contributed by atoms with van der Waals surface area (Å²) < 4.78 is 5.55. The second-order valence-corrected chi connectivity index (χ2v) is 6.14. The first-order valence-electron chi connectivity index (χ1n) is 7.16.